The molecule has 1 unspecified atom stereocenters. The molecule has 162 valence electrons. The highest BCUT2D eigenvalue weighted by molar-refractivity contribution is 5.97. The molecule has 1 atom stereocenters. The summed E-state index contributed by atoms with van der Waals surface area (Å²) in [5.41, 5.74) is 1.02. The van der Waals surface area contributed by atoms with Crippen molar-refractivity contribution < 1.29 is 14.0 Å². The van der Waals surface area contributed by atoms with Crippen molar-refractivity contribution in [2.75, 3.05) is 20.6 Å². The van der Waals surface area contributed by atoms with Crippen molar-refractivity contribution in [2.45, 2.75) is 46.3 Å². The Kier molecular flexibility index (Phi) is 6.21. The first kappa shape index (κ1) is 21.9. The number of nitrogens with one attached hydrogen (secondary N) is 2. The van der Waals surface area contributed by atoms with Crippen LogP contribution in [-0.2, 0) is 17.9 Å². The molecule has 0 bridgehead atoms. The van der Waals surface area contributed by atoms with Crippen LogP contribution in [0.25, 0.3) is 11.4 Å². The number of pyridine rings is 1. The number of imidazole rings is 1. The van der Waals surface area contributed by atoms with Crippen LogP contribution in [0.3, 0.4) is 0 Å². The number of likely N-dealkylation sites (N-methyl/N-ethyl adjacent to an activating group) is 1. The average molecular weight is 417 g/mol. The number of halogens is 1. The van der Waals surface area contributed by atoms with Gasteiger partial charge in [0.25, 0.3) is 5.91 Å². The van der Waals surface area contributed by atoms with Crippen LogP contribution in [0.15, 0.2) is 18.5 Å². The predicted octanol–water partition coefficient (Wildman–Crippen LogP) is 1.81. The van der Waals surface area contributed by atoms with Crippen LogP contribution in [0, 0.1) is 11.2 Å². The second-order valence-electron chi connectivity index (χ2n) is 8.75. The Morgan fingerprint density at radius 2 is 1.97 bits per heavy atom. The minimum absolute atomic E-state index is 0.251. The number of hydrogen-bond donors (Lipinski definition) is 2. The monoisotopic (exact) mass is 416 g/mol. The number of fused-ring (bicyclic) bond motifs is 1. The third-order valence-electron chi connectivity index (χ3n) is 5.24. The first-order valence-electron chi connectivity index (χ1n) is 10.0. The van der Waals surface area contributed by atoms with Crippen LogP contribution < -0.4 is 10.6 Å². The van der Waals surface area contributed by atoms with E-state index in [4.69, 9.17) is 0 Å². The highest BCUT2D eigenvalue weighted by Crippen LogP contribution is 2.27. The first-order valence-corrected chi connectivity index (χ1v) is 10.0. The van der Waals surface area contributed by atoms with Gasteiger partial charge in [-0.25, -0.2) is 9.37 Å². The van der Waals surface area contributed by atoms with Gasteiger partial charge < -0.3 is 20.1 Å². The fraction of sp³-hybridized carbons (Fsp3) is 0.524. The minimum atomic E-state index is -0.727. The lowest BCUT2D eigenvalue weighted by Gasteiger charge is -2.29. The molecule has 30 heavy (non-hydrogen) atoms. The Hall–Kier alpha value is -2.81. The molecule has 2 N–H and O–H groups in total. The van der Waals surface area contributed by atoms with Gasteiger partial charge in [0.2, 0.25) is 5.91 Å². The van der Waals surface area contributed by atoms with Gasteiger partial charge in [0, 0.05) is 31.9 Å². The van der Waals surface area contributed by atoms with Crippen LogP contribution in [0.4, 0.5) is 4.39 Å². The van der Waals surface area contributed by atoms with E-state index >= 15 is 0 Å². The van der Waals surface area contributed by atoms with Gasteiger partial charge in [0.1, 0.15) is 17.7 Å². The molecule has 3 rings (SSSR count). The number of rotatable bonds is 4. The lowest BCUT2D eigenvalue weighted by Crippen LogP contribution is -2.53. The maximum absolute atomic E-state index is 13.8. The van der Waals surface area contributed by atoms with E-state index in [1.807, 2.05) is 32.4 Å². The molecule has 1 aliphatic heterocycles. The van der Waals surface area contributed by atoms with E-state index in [0.717, 1.165) is 24.9 Å². The van der Waals surface area contributed by atoms with E-state index in [9.17, 15) is 14.0 Å². The summed E-state index contributed by atoms with van der Waals surface area (Å²) in [6, 6.07) is 0.636. The Bertz CT molecular complexity index is 949. The van der Waals surface area contributed by atoms with Crippen molar-refractivity contribution in [3.63, 3.8) is 0 Å². The Balaban J connectivity index is 2.05. The number of aromatic nitrogens is 3. The van der Waals surface area contributed by atoms with E-state index in [-0.39, 0.29) is 11.6 Å². The maximum Gasteiger partial charge on any atom is 0.272 e. The molecule has 2 aromatic heterocycles. The summed E-state index contributed by atoms with van der Waals surface area (Å²) in [4.78, 5) is 36.3. The summed E-state index contributed by atoms with van der Waals surface area (Å²) in [7, 11) is 3.52. The number of amides is 2. The second-order valence-corrected chi connectivity index (χ2v) is 8.75. The van der Waals surface area contributed by atoms with Crippen molar-refractivity contribution in [1.29, 1.82) is 0 Å². The van der Waals surface area contributed by atoms with Crippen molar-refractivity contribution in [3.8, 4) is 11.4 Å². The van der Waals surface area contributed by atoms with Crippen molar-refractivity contribution in [3.05, 3.63) is 35.7 Å². The summed E-state index contributed by atoms with van der Waals surface area (Å²) in [6.07, 6.45) is 3.55. The number of nitrogens with zero attached hydrogens (tertiary/aromatic N) is 4. The lowest BCUT2D eigenvalue weighted by atomic mass is 9.86. The van der Waals surface area contributed by atoms with Gasteiger partial charge in [-0.15, -0.1) is 0 Å². The number of carbonyl (C=O) groups excluding carboxylic acids is 2. The quantitative estimate of drug-likeness (QED) is 0.793. The number of carbonyl (C=O) groups is 2. The second kappa shape index (κ2) is 8.51. The minimum Gasteiger partial charge on any atom is -0.357 e. The van der Waals surface area contributed by atoms with Gasteiger partial charge in [-0.2, -0.15) is 0 Å². The van der Waals surface area contributed by atoms with Crippen LogP contribution >= 0.6 is 0 Å². The lowest BCUT2D eigenvalue weighted by molar-refractivity contribution is -0.124. The largest absolute Gasteiger partial charge is 0.357 e. The molecule has 0 aliphatic carbocycles. The molecule has 0 radical (unpaired) electrons. The first-order chi connectivity index (χ1) is 14.1. The summed E-state index contributed by atoms with van der Waals surface area (Å²) < 4.78 is 15.8. The van der Waals surface area contributed by atoms with Gasteiger partial charge in [0.15, 0.2) is 5.69 Å². The van der Waals surface area contributed by atoms with Gasteiger partial charge >= 0.3 is 0 Å². The number of hydrogen-bond acceptors (Lipinski definition) is 5. The zero-order chi connectivity index (χ0) is 22.1. The fourth-order valence-electron chi connectivity index (χ4n) is 3.68. The molecule has 3 heterocycles. The molecule has 2 aromatic rings. The SMILES string of the molecule is CNC(=O)C(NC(=O)c1nc(-c2cncc(F)c2)n2c1CN(C)CCC2)C(C)(C)C. The average Bonchev–Trinajstić information content (AvgIpc) is 2.91. The molecule has 0 saturated heterocycles. The van der Waals surface area contributed by atoms with Crippen molar-refractivity contribution in [1.82, 2.24) is 30.1 Å². The topological polar surface area (TPSA) is 92.1 Å². The Morgan fingerprint density at radius 3 is 2.60 bits per heavy atom. The standard InChI is InChI=1S/C21H29FN6O2/c1-21(2,3)17(20(30)23-4)26-19(29)16-15-12-27(5)7-6-8-28(15)18(25-16)13-9-14(22)11-24-10-13/h9-11,17H,6-8,12H2,1-5H3,(H,23,30)(H,26,29). The van der Waals surface area contributed by atoms with Crippen LogP contribution in [0.2, 0.25) is 0 Å². The van der Waals surface area contributed by atoms with Gasteiger partial charge in [0.05, 0.1) is 11.9 Å². The highest BCUT2D eigenvalue weighted by atomic mass is 19.1. The van der Waals surface area contributed by atoms with Crippen molar-refractivity contribution in [2.24, 2.45) is 5.41 Å². The smallest absolute Gasteiger partial charge is 0.272 e. The zero-order valence-corrected chi connectivity index (χ0v) is 18.1. The van der Waals surface area contributed by atoms with E-state index in [0.29, 0.717) is 24.5 Å². The van der Waals surface area contributed by atoms with Gasteiger partial charge in [-0.1, -0.05) is 20.8 Å². The molecule has 1 aliphatic rings. The maximum atomic E-state index is 13.8. The third kappa shape index (κ3) is 4.51. The highest BCUT2D eigenvalue weighted by Gasteiger charge is 2.34. The van der Waals surface area contributed by atoms with E-state index in [1.165, 1.54) is 12.3 Å². The molecule has 0 fully saturated rings. The molecular weight excluding hydrogens is 387 g/mol. The molecule has 0 aromatic carbocycles. The predicted molar refractivity (Wildman–Crippen MR) is 111 cm³/mol. The third-order valence-corrected chi connectivity index (χ3v) is 5.24. The van der Waals surface area contributed by atoms with Crippen molar-refractivity contribution >= 4 is 11.8 Å². The van der Waals surface area contributed by atoms with Crippen LogP contribution in [0.5, 0.6) is 0 Å². The van der Waals surface area contributed by atoms with Gasteiger partial charge in [-0.3, -0.25) is 14.6 Å². The molecule has 0 saturated carbocycles. The Labute approximate surface area is 175 Å². The fourth-order valence-corrected chi connectivity index (χ4v) is 3.68. The molecule has 9 heteroatoms. The summed E-state index contributed by atoms with van der Waals surface area (Å²) in [5.74, 6) is -0.653. The molecule has 2 amide bonds. The van der Waals surface area contributed by atoms with E-state index in [2.05, 4.69) is 25.5 Å². The normalized spacial score (nSPS) is 15.8. The molecular formula is C21H29FN6O2. The molecule has 8 nitrogen and oxygen atoms in total. The van der Waals surface area contributed by atoms with E-state index < -0.39 is 23.2 Å². The van der Waals surface area contributed by atoms with Crippen LogP contribution in [0.1, 0.15) is 43.4 Å². The summed E-state index contributed by atoms with van der Waals surface area (Å²) in [5, 5.41) is 5.46. The summed E-state index contributed by atoms with van der Waals surface area (Å²) >= 11 is 0. The Morgan fingerprint density at radius 1 is 1.23 bits per heavy atom. The van der Waals surface area contributed by atoms with E-state index in [1.54, 1.807) is 7.05 Å². The molecule has 0 spiro atoms. The summed E-state index contributed by atoms with van der Waals surface area (Å²) in [6.45, 7) is 7.71. The zero-order valence-electron chi connectivity index (χ0n) is 18.1. The van der Waals surface area contributed by atoms with Gasteiger partial charge in [-0.05, 0) is 31.5 Å². The van der Waals surface area contributed by atoms with Crippen LogP contribution in [-0.4, -0.2) is 57.9 Å².